The molecule has 0 saturated carbocycles. The van der Waals surface area contributed by atoms with Crippen molar-refractivity contribution in [1.29, 1.82) is 0 Å². The fourth-order valence-electron chi connectivity index (χ4n) is 2.20. The van der Waals surface area contributed by atoms with E-state index in [1.165, 1.54) is 5.69 Å². The zero-order chi connectivity index (χ0) is 11.7. The predicted molar refractivity (Wildman–Crippen MR) is 67.3 cm³/mol. The van der Waals surface area contributed by atoms with Crippen LogP contribution in [0.5, 0.6) is 0 Å². The van der Waals surface area contributed by atoms with Gasteiger partial charge in [0.2, 0.25) is 0 Å². The summed E-state index contributed by atoms with van der Waals surface area (Å²) < 4.78 is 5.36. The largest absolute Gasteiger partial charge is 0.378 e. The summed E-state index contributed by atoms with van der Waals surface area (Å²) in [6, 6.07) is 6.38. The van der Waals surface area contributed by atoms with Gasteiger partial charge in [-0.05, 0) is 25.1 Å². The van der Waals surface area contributed by atoms with Crippen molar-refractivity contribution in [1.82, 2.24) is 9.97 Å². The summed E-state index contributed by atoms with van der Waals surface area (Å²) in [5.74, 6) is 0. The van der Waals surface area contributed by atoms with Gasteiger partial charge in [-0.1, -0.05) is 0 Å². The number of benzene rings is 1. The standard InChI is InChI=1S/C13H15N3O/c1-10-12-3-2-11(8-13(12)15-9-14-10)16-4-6-17-7-5-16/h2-3,8-9H,4-7H2,1H3. The monoisotopic (exact) mass is 229 g/mol. The number of rotatable bonds is 1. The quantitative estimate of drug-likeness (QED) is 0.747. The Hall–Kier alpha value is -1.68. The average Bonchev–Trinajstić information content (AvgIpc) is 2.40. The molecule has 0 unspecified atom stereocenters. The van der Waals surface area contributed by atoms with Crippen LogP contribution in [0.25, 0.3) is 10.9 Å². The zero-order valence-corrected chi connectivity index (χ0v) is 9.89. The Morgan fingerprint density at radius 2 is 2.00 bits per heavy atom. The molecule has 17 heavy (non-hydrogen) atoms. The van der Waals surface area contributed by atoms with Crippen LogP contribution >= 0.6 is 0 Å². The Kier molecular flexibility index (Phi) is 2.65. The third kappa shape index (κ3) is 1.96. The van der Waals surface area contributed by atoms with Gasteiger partial charge in [-0.15, -0.1) is 0 Å². The van der Waals surface area contributed by atoms with E-state index in [0.717, 1.165) is 42.9 Å². The van der Waals surface area contributed by atoms with Crippen molar-refractivity contribution in [3.05, 3.63) is 30.2 Å². The van der Waals surface area contributed by atoms with E-state index in [-0.39, 0.29) is 0 Å². The molecule has 1 aliphatic rings. The smallest absolute Gasteiger partial charge is 0.116 e. The molecule has 0 aliphatic carbocycles. The van der Waals surface area contributed by atoms with E-state index in [1.54, 1.807) is 6.33 Å². The van der Waals surface area contributed by atoms with Gasteiger partial charge in [0.25, 0.3) is 0 Å². The average molecular weight is 229 g/mol. The summed E-state index contributed by atoms with van der Waals surface area (Å²) >= 11 is 0. The third-order valence-corrected chi connectivity index (χ3v) is 3.20. The summed E-state index contributed by atoms with van der Waals surface area (Å²) in [5, 5.41) is 1.13. The van der Waals surface area contributed by atoms with Crippen molar-refractivity contribution in [2.75, 3.05) is 31.2 Å². The topological polar surface area (TPSA) is 38.2 Å². The first kappa shape index (κ1) is 10.5. The molecule has 0 N–H and O–H groups in total. The lowest BCUT2D eigenvalue weighted by Crippen LogP contribution is -2.36. The number of aromatic nitrogens is 2. The molecule has 2 aromatic rings. The van der Waals surface area contributed by atoms with Crippen molar-refractivity contribution in [2.45, 2.75) is 6.92 Å². The molecule has 1 fully saturated rings. The van der Waals surface area contributed by atoms with E-state index < -0.39 is 0 Å². The lowest BCUT2D eigenvalue weighted by atomic mass is 10.1. The van der Waals surface area contributed by atoms with Crippen molar-refractivity contribution < 1.29 is 4.74 Å². The highest BCUT2D eigenvalue weighted by molar-refractivity contribution is 5.84. The van der Waals surface area contributed by atoms with Crippen molar-refractivity contribution in [3.8, 4) is 0 Å². The van der Waals surface area contributed by atoms with Gasteiger partial charge in [0.15, 0.2) is 0 Å². The second-order valence-corrected chi connectivity index (χ2v) is 4.26. The van der Waals surface area contributed by atoms with Gasteiger partial charge in [0.1, 0.15) is 6.33 Å². The maximum Gasteiger partial charge on any atom is 0.116 e. The Balaban J connectivity index is 2.01. The molecule has 0 bridgehead atoms. The minimum absolute atomic E-state index is 0.806. The van der Waals surface area contributed by atoms with E-state index in [1.807, 2.05) is 6.92 Å². The normalized spacial score (nSPS) is 16.4. The van der Waals surface area contributed by atoms with Gasteiger partial charge in [-0.25, -0.2) is 9.97 Å². The molecule has 4 nitrogen and oxygen atoms in total. The molecular weight excluding hydrogens is 214 g/mol. The molecule has 0 amide bonds. The molecule has 0 spiro atoms. The second-order valence-electron chi connectivity index (χ2n) is 4.26. The molecule has 4 heteroatoms. The SMILES string of the molecule is Cc1ncnc2cc(N3CCOCC3)ccc12. The highest BCUT2D eigenvalue weighted by atomic mass is 16.5. The molecule has 88 valence electrons. The van der Waals surface area contributed by atoms with E-state index in [2.05, 4.69) is 33.1 Å². The number of anilines is 1. The first-order chi connectivity index (χ1) is 8.34. The predicted octanol–water partition coefficient (Wildman–Crippen LogP) is 1.77. The Labute approximate surface area is 100 Å². The van der Waals surface area contributed by atoms with Gasteiger partial charge in [-0.2, -0.15) is 0 Å². The third-order valence-electron chi connectivity index (χ3n) is 3.20. The van der Waals surface area contributed by atoms with E-state index in [9.17, 15) is 0 Å². The summed E-state index contributed by atoms with van der Waals surface area (Å²) in [6.45, 7) is 5.53. The number of aryl methyl sites for hydroxylation is 1. The number of hydrogen-bond donors (Lipinski definition) is 0. The maximum absolute atomic E-state index is 5.36. The van der Waals surface area contributed by atoms with Gasteiger partial charge in [-0.3, -0.25) is 0 Å². The van der Waals surface area contributed by atoms with Crippen LogP contribution in [-0.4, -0.2) is 36.3 Å². The maximum atomic E-state index is 5.36. The highest BCUT2D eigenvalue weighted by Crippen LogP contribution is 2.22. The second kappa shape index (κ2) is 4.30. The Morgan fingerprint density at radius 1 is 1.18 bits per heavy atom. The zero-order valence-electron chi connectivity index (χ0n) is 9.89. The van der Waals surface area contributed by atoms with Crippen molar-refractivity contribution >= 4 is 16.6 Å². The highest BCUT2D eigenvalue weighted by Gasteiger charge is 2.11. The van der Waals surface area contributed by atoms with Gasteiger partial charge in [0.05, 0.1) is 18.7 Å². The minimum atomic E-state index is 0.806. The molecule has 1 aliphatic heterocycles. The Bertz CT molecular complexity index is 535. The first-order valence-electron chi connectivity index (χ1n) is 5.89. The summed E-state index contributed by atoms with van der Waals surface area (Å²) in [6.07, 6.45) is 1.63. The number of nitrogens with zero attached hydrogens (tertiary/aromatic N) is 3. The molecule has 2 heterocycles. The van der Waals surface area contributed by atoms with E-state index in [0.29, 0.717) is 0 Å². The van der Waals surface area contributed by atoms with Crippen LogP contribution in [0, 0.1) is 6.92 Å². The molecule has 1 saturated heterocycles. The van der Waals surface area contributed by atoms with Gasteiger partial charge in [0, 0.05) is 29.9 Å². The van der Waals surface area contributed by atoms with Crippen molar-refractivity contribution in [2.24, 2.45) is 0 Å². The number of morpholine rings is 1. The van der Waals surface area contributed by atoms with Crippen LogP contribution < -0.4 is 4.90 Å². The van der Waals surface area contributed by atoms with Gasteiger partial charge < -0.3 is 9.64 Å². The van der Waals surface area contributed by atoms with E-state index in [4.69, 9.17) is 4.74 Å². The van der Waals surface area contributed by atoms with Crippen LogP contribution in [0.4, 0.5) is 5.69 Å². The summed E-state index contributed by atoms with van der Waals surface area (Å²) in [4.78, 5) is 10.9. The van der Waals surface area contributed by atoms with Gasteiger partial charge >= 0.3 is 0 Å². The van der Waals surface area contributed by atoms with Crippen LogP contribution in [0.1, 0.15) is 5.69 Å². The Morgan fingerprint density at radius 3 is 2.82 bits per heavy atom. The molecule has 1 aromatic heterocycles. The van der Waals surface area contributed by atoms with Crippen LogP contribution in [0.15, 0.2) is 24.5 Å². The first-order valence-corrected chi connectivity index (χ1v) is 5.89. The minimum Gasteiger partial charge on any atom is -0.378 e. The lowest BCUT2D eigenvalue weighted by Gasteiger charge is -2.28. The van der Waals surface area contributed by atoms with Crippen LogP contribution in [-0.2, 0) is 4.74 Å². The van der Waals surface area contributed by atoms with E-state index >= 15 is 0 Å². The van der Waals surface area contributed by atoms with Crippen LogP contribution in [0.2, 0.25) is 0 Å². The molecular formula is C13H15N3O. The fraction of sp³-hybridized carbons (Fsp3) is 0.385. The van der Waals surface area contributed by atoms with Crippen molar-refractivity contribution in [3.63, 3.8) is 0 Å². The summed E-state index contributed by atoms with van der Waals surface area (Å²) in [5.41, 5.74) is 3.27. The molecule has 0 radical (unpaired) electrons. The number of fused-ring (bicyclic) bond motifs is 1. The molecule has 3 rings (SSSR count). The lowest BCUT2D eigenvalue weighted by molar-refractivity contribution is 0.122. The summed E-state index contributed by atoms with van der Waals surface area (Å²) in [7, 11) is 0. The molecule has 0 atom stereocenters. The number of hydrogen-bond acceptors (Lipinski definition) is 4. The number of ether oxygens (including phenoxy) is 1. The molecule has 1 aromatic carbocycles. The fourth-order valence-corrected chi connectivity index (χ4v) is 2.20. The van der Waals surface area contributed by atoms with Crippen LogP contribution in [0.3, 0.4) is 0 Å².